The Labute approximate surface area is 150 Å². The van der Waals surface area contributed by atoms with Gasteiger partial charge in [0.25, 0.3) is 0 Å². The summed E-state index contributed by atoms with van der Waals surface area (Å²) in [5.41, 5.74) is 2.36. The maximum Gasteiger partial charge on any atom is 0.161 e. The normalized spacial score (nSPS) is 14.6. The van der Waals surface area contributed by atoms with Gasteiger partial charge in [0.2, 0.25) is 0 Å². The topological polar surface area (TPSA) is 33.7 Å². The summed E-state index contributed by atoms with van der Waals surface area (Å²) in [4.78, 5) is 2.52. The fourth-order valence-electron chi connectivity index (χ4n) is 3.16. The number of nitrogens with one attached hydrogen (secondary N) is 1. The van der Waals surface area contributed by atoms with Crippen LogP contribution in [0.25, 0.3) is 0 Å². The zero-order valence-electron chi connectivity index (χ0n) is 15.0. The van der Waals surface area contributed by atoms with E-state index in [-0.39, 0.29) is 0 Å². The Morgan fingerprint density at radius 2 is 1.76 bits per heavy atom. The standard InChI is InChI=1S/C21H28N2O2/c1-24-20-10-9-19(16-22-11-14-23-12-5-6-13-23)15-21(20)25-17-18-7-3-2-4-8-18/h2-4,7-10,15,22H,5-6,11-14,16-17H2,1H3. The maximum atomic E-state index is 5.98. The number of nitrogens with zero attached hydrogens (tertiary/aromatic N) is 1. The number of hydrogen-bond acceptors (Lipinski definition) is 4. The molecular formula is C21H28N2O2. The molecule has 0 atom stereocenters. The summed E-state index contributed by atoms with van der Waals surface area (Å²) >= 11 is 0. The summed E-state index contributed by atoms with van der Waals surface area (Å²) < 4.78 is 11.4. The van der Waals surface area contributed by atoms with E-state index in [9.17, 15) is 0 Å². The Hall–Kier alpha value is -2.04. The van der Waals surface area contributed by atoms with Crippen molar-refractivity contribution in [3.05, 3.63) is 59.7 Å². The van der Waals surface area contributed by atoms with Crippen molar-refractivity contribution in [2.75, 3.05) is 33.3 Å². The average Bonchev–Trinajstić information content (AvgIpc) is 3.18. The van der Waals surface area contributed by atoms with Crippen LogP contribution in [0.4, 0.5) is 0 Å². The van der Waals surface area contributed by atoms with E-state index in [0.717, 1.165) is 36.7 Å². The second-order valence-corrected chi connectivity index (χ2v) is 6.49. The monoisotopic (exact) mass is 340 g/mol. The summed E-state index contributed by atoms with van der Waals surface area (Å²) in [5.74, 6) is 1.57. The molecule has 2 aromatic carbocycles. The van der Waals surface area contributed by atoms with E-state index < -0.39 is 0 Å². The lowest BCUT2D eigenvalue weighted by atomic mass is 10.2. The number of benzene rings is 2. The molecule has 0 unspecified atom stereocenters. The Kier molecular flexibility index (Phi) is 6.71. The van der Waals surface area contributed by atoms with Crippen molar-refractivity contribution >= 4 is 0 Å². The van der Waals surface area contributed by atoms with Gasteiger partial charge in [-0.2, -0.15) is 0 Å². The second-order valence-electron chi connectivity index (χ2n) is 6.49. The van der Waals surface area contributed by atoms with Crippen molar-refractivity contribution in [1.82, 2.24) is 10.2 Å². The molecule has 1 aliphatic heterocycles. The molecule has 25 heavy (non-hydrogen) atoms. The number of likely N-dealkylation sites (tertiary alicyclic amines) is 1. The molecule has 1 aliphatic rings. The number of hydrogen-bond donors (Lipinski definition) is 1. The molecule has 1 saturated heterocycles. The Bertz CT molecular complexity index is 640. The molecule has 0 amide bonds. The summed E-state index contributed by atoms with van der Waals surface area (Å²) in [6.07, 6.45) is 2.70. The van der Waals surface area contributed by atoms with Gasteiger partial charge in [-0.15, -0.1) is 0 Å². The van der Waals surface area contributed by atoms with Crippen molar-refractivity contribution in [2.45, 2.75) is 26.0 Å². The van der Waals surface area contributed by atoms with Crippen LogP contribution in [-0.4, -0.2) is 38.2 Å². The zero-order valence-corrected chi connectivity index (χ0v) is 15.0. The molecule has 1 fully saturated rings. The highest BCUT2D eigenvalue weighted by Gasteiger charge is 2.10. The van der Waals surface area contributed by atoms with E-state index >= 15 is 0 Å². The van der Waals surface area contributed by atoms with Crippen LogP contribution in [0.2, 0.25) is 0 Å². The second kappa shape index (κ2) is 9.44. The molecule has 1 heterocycles. The van der Waals surface area contributed by atoms with E-state index in [1.165, 1.54) is 31.5 Å². The molecule has 2 aromatic rings. The van der Waals surface area contributed by atoms with Gasteiger partial charge in [-0.25, -0.2) is 0 Å². The minimum absolute atomic E-state index is 0.545. The van der Waals surface area contributed by atoms with Crippen molar-refractivity contribution < 1.29 is 9.47 Å². The predicted molar refractivity (Wildman–Crippen MR) is 101 cm³/mol. The first-order valence-corrected chi connectivity index (χ1v) is 9.12. The van der Waals surface area contributed by atoms with Crippen LogP contribution in [0, 0.1) is 0 Å². The fraction of sp³-hybridized carbons (Fsp3) is 0.429. The molecule has 3 rings (SSSR count). The minimum Gasteiger partial charge on any atom is -0.493 e. The summed E-state index contributed by atoms with van der Waals surface area (Å²) in [6, 6.07) is 16.3. The third kappa shape index (κ3) is 5.48. The van der Waals surface area contributed by atoms with Crippen LogP contribution in [0.5, 0.6) is 11.5 Å². The van der Waals surface area contributed by atoms with Gasteiger partial charge >= 0.3 is 0 Å². The molecule has 0 bridgehead atoms. The predicted octanol–water partition coefficient (Wildman–Crippen LogP) is 3.46. The lowest BCUT2D eigenvalue weighted by Crippen LogP contribution is -2.29. The van der Waals surface area contributed by atoms with Gasteiger partial charge in [0.05, 0.1) is 7.11 Å². The lowest BCUT2D eigenvalue weighted by Gasteiger charge is -2.15. The van der Waals surface area contributed by atoms with E-state index in [4.69, 9.17) is 9.47 Å². The van der Waals surface area contributed by atoms with E-state index in [1.807, 2.05) is 24.3 Å². The Morgan fingerprint density at radius 1 is 0.960 bits per heavy atom. The zero-order chi connectivity index (χ0) is 17.3. The Morgan fingerprint density at radius 3 is 2.52 bits per heavy atom. The fourth-order valence-corrected chi connectivity index (χ4v) is 3.16. The molecule has 1 N–H and O–H groups in total. The average molecular weight is 340 g/mol. The van der Waals surface area contributed by atoms with Crippen molar-refractivity contribution in [1.29, 1.82) is 0 Å². The van der Waals surface area contributed by atoms with Gasteiger partial charge in [0.15, 0.2) is 11.5 Å². The molecular weight excluding hydrogens is 312 g/mol. The third-order valence-electron chi connectivity index (χ3n) is 4.60. The molecule has 0 aliphatic carbocycles. The molecule has 134 valence electrons. The third-order valence-corrected chi connectivity index (χ3v) is 4.60. The summed E-state index contributed by atoms with van der Waals surface area (Å²) in [5, 5.41) is 3.53. The lowest BCUT2D eigenvalue weighted by molar-refractivity contribution is 0.284. The molecule has 0 spiro atoms. The highest BCUT2D eigenvalue weighted by molar-refractivity contribution is 5.43. The van der Waals surface area contributed by atoms with Crippen LogP contribution in [0.3, 0.4) is 0 Å². The molecule has 0 aromatic heterocycles. The van der Waals surface area contributed by atoms with Gasteiger partial charge in [0.1, 0.15) is 6.61 Å². The van der Waals surface area contributed by atoms with Crippen LogP contribution in [-0.2, 0) is 13.2 Å². The van der Waals surface area contributed by atoms with Gasteiger partial charge < -0.3 is 19.7 Å². The highest BCUT2D eigenvalue weighted by atomic mass is 16.5. The molecule has 0 saturated carbocycles. The van der Waals surface area contributed by atoms with Crippen molar-refractivity contribution in [3.63, 3.8) is 0 Å². The first kappa shape index (κ1) is 17.8. The Balaban J connectivity index is 1.51. The number of methoxy groups -OCH3 is 1. The van der Waals surface area contributed by atoms with Crippen LogP contribution in [0.15, 0.2) is 48.5 Å². The van der Waals surface area contributed by atoms with Crippen molar-refractivity contribution in [3.8, 4) is 11.5 Å². The minimum atomic E-state index is 0.545. The first-order valence-electron chi connectivity index (χ1n) is 9.12. The largest absolute Gasteiger partial charge is 0.493 e. The molecule has 4 heteroatoms. The van der Waals surface area contributed by atoms with Crippen LogP contribution < -0.4 is 14.8 Å². The maximum absolute atomic E-state index is 5.98. The van der Waals surface area contributed by atoms with Crippen LogP contribution >= 0.6 is 0 Å². The summed E-state index contributed by atoms with van der Waals surface area (Å²) in [7, 11) is 1.68. The van der Waals surface area contributed by atoms with E-state index in [0.29, 0.717) is 6.61 Å². The van der Waals surface area contributed by atoms with Crippen LogP contribution in [0.1, 0.15) is 24.0 Å². The van der Waals surface area contributed by atoms with E-state index in [2.05, 4.69) is 34.5 Å². The van der Waals surface area contributed by atoms with E-state index in [1.54, 1.807) is 7.11 Å². The van der Waals surface area contributed by atoms with Gasteiger partial charge in [-0.3, -0.25) is 0 Å². The SMILES string of the molecule is COc1ccc(CNCCN2CCCC2)cc1OCc1ccccc1. The first-order chi connectivity index (χ1) is 12.3. The smallest absolute Gasteiger partial charge is 0.161 e. The molecule has 4 nitrogen and oxygen atoms in total. The van der Waals surface area contributed by atoms with Gasteiger partial charge in [-0.05, 0) is 49.2 Å². The van der Waals surface area contributed by atoms with Crippen molar-refractivity contribution in [2.24, 2.45) is 0 Å². The number of ether oxygens (including phenoxy) is 2. The van der Waals surface area contributed by atoms with Gasteiger partial charge in [0, 0.05) is 19.6 Å². The summed E-state index contributed by atoms with van der Waals surface area (Å²) in [6.45, 7) is 6.05. The molecule has 0 radical (unpaired) electrons. The number of rotatable bonds is 9. The highest BCUT2D eigenvalue weighted by Crippen LogP contribution is 2.28. The quantitative estimate of drug-likeness (QED) is 0.709. The van der Waals surface area contributed by atoms with Gasteiger partial charge in [-0.1, -0.05) is 36.4 Å².